The molecule has 86 valence electrons. The Labute approximate surface area is 98.3 Å². The third kappa shape index (κ3) is 4.35. The maximum absolute atomic E-state index is 10.7. The van der Waals surface area contributed by atoms with E-state index >= 15 is 0 Å². The first-order chi connectivity index (χ1) is 7.74. The molecule has 0 heterocycles. The maximum atomic E-state index is 10.7. The van der Waals surface area contributed by atoms with Gasteiger partial charge >= 0.3 is 5.97 Å². The molecule has 0 unspecified atom stereocenters. The predicted molar refractivity (Wildman–Crippen MR) is 64.7 cm³/mol. The number of benzene rings is 1. The van der Waals surface area contributed by atoms with Gasteiger partial charge < -0.3 is 9.94 Å². The number of carboxylic acids is 1. The average molecular weight is 239 g/mol. The van der Waals surface area contributed by atoms with Crippen LogP contribution in [0.4, 0.5) is 0 Å². The first-order valence-corrected chi connectivity index (χ1v) is 6.08. The highest BCUT2D eigenvalue weighted by Crippen LogP contribution is 2.02. The molecule has 1 N–H and O–H groups in total. The van der Waals surface area contributed by atoms with Gasteiger partial charge in [0, 0.05) is 5.75 Å². The highest BCUT2D eigenvalue weighted by atomic mass is 32.2. The van der Waals surface area contributed by atoms with Crippen LogP contribution in [0.1, 0.15) is 5.56 Å². The van der Waals surface area contributed by atoms with Crippen LogP contribution in [0.5, 0.6) is 0 Å². The summed E-state index contributed by atoms with van der Waals surface area (Å²) < 4.78 is 0. The molecule has 16 heavy (non-hydrogen) atoms. The van der Waals surface area contributed by atoms with Crippen LogP contribution >= 0.6 is 11.8 Å². The number of thioether (sulfide) groups is 1. The number of aliphatic carboxylic acids is 1. The Morgan fingerprint density at radius 3 is 2.69 bits per heavy atom. The lowest BCUT2D eigenvalue weighted by atomic mass is 10.2. The average Bonchev–Trinajstić information content (AvgIpc) is 2.29. The van der Waals surface area contributed by atoms with E-state index in [9.17, 15) is 4.79 Å². The fourth-order valence-corrected chi connectivity index (χ4v) is 1.47. The molecule has 1 rings (SSSR count). The van der Waals surface area contributed by atoms with E-state index in [1.54, 1.807) is 0 Å². The van der Waals surface area contributed by atoms with E-state index in [-0.39, 0.29) is 12.3 Å². The van der Waals surface area contributed by atoms with Crippen LogP contribution in [0.3, 0.4) is 0 Å². The molecule has 5 heteroatoms. The summed E-state index contributed by atoms with van der Waals surface area (Å²) in [6.07, 6.45) is 1.82. The Morgan fingerprint density at radius 1 is 1.44 bits per heavy atom. The zero-order chi connectivity index (χ0) is 11.8. The molecule has 0 aliphatic rings. The number of hydrogen-bond donors (Lipinski definition) is 1. The lowest BCUT2D eigenvalue weighted by Crippen LogP contribution is -2.16. The topological polar surface area (TPSA) is 58.9 Å². The summed E-state index contributed by atoms with van der Waals surface area (Å²) in [6, 6.07) is 9.48. The fourth-order valence-electron chi connectivity index (χ4n) is 1.02. The van der Waals surface area contributed by atoms with Gasteiger partial charge in [0.05, 0.1) is 0 Å². The summed E-state index contributed by atoms with van der Waals surface area (Å²) in [5.74, 6) is -0.702. The third-order valence-electron chi connectivity index (χ3n) is 1.78. The molecule has 0 amide bonds. The number of oxime groups is 1. The Morgan fingerprint density at radius 2 is 2.12 bits per heavy atom. The van der Waals surface area contributed by atoms with Gasteiger partial charge in [-0.2, -0.15) is 11.8 Å². The van der Waals surface area contributed by atoms with Gasteiger partial charge in [0.2, 0.25) is 0 Å². The number of nitrogens with zero attached hydrogens (tertiary/aromatic N) is 1. The molecule has 0 saturated heterocycles. The Hall–Kier alpha value is -1.49. The molecule has 1 aromatic rings. The number of rotatable bonds is 6. The second kappa shape index (κ2) is 6.90. The van der Waals surface area contributed by atoms with Crippen LogP contribution in [0.15, 0.2) is 35.5 Å². The van der Waals surface area contributed by atoms with Crippen molar-refractivity contribution in [1.29, 1.82) is 0 Å². The second-order valence-corrected chi connectivity index (χ2v) is 3.90. The molecule has 0 fully saturated rings. The number of carboxylic acid groups (broad SMARTS) is 1. The van der Waals surface area contributed by atoms with Crippen molar-refractivity contribution >= 4 is 23.4 Å². The molecule has 0 atom stereocenters. The monoisotopic (exact) mass is 239 g/mol. The minimum atomic E-state index is -1.04. The van der Waals surface area contributed by atoms with Gasteiger partial charge in [-0.1, -0.05) is 35.5 Å². The van der Waals surface area contributed by atoms with Crippen LogP contribution in [0, 0.1) is 0 Å². The van der Waals surface area contributed by atoms with Gasteiger partial charge in [0.1, 0.15) is 6.61 Å². The summed E-state index contributed by atoms with van der Waals surface area (Å²) in [6.45, 7) is 0.284. The summed E-state index contributed by atoms with van der Waals surface area (Å²) in [4.78, 5) is 15.7. The smallest absolute Gasteiger partial charge is 0.354 e. The normalized spacial score (nSPS) is 11.2. The fraction of sp³-hybridized carbons (Fsp3) is 0.273. The molecule has 0 radical (unpaired) electrons. The molecule has 0 spiro atoms. The molecule has 0 bridgehead atoms. The van der Waals surface area contributed by atoms with Gasteiger partial charge in [-0.05, 0) is 11.8 Å². The highest BCUT2D eigenvalue weighted by Gasteiger charge is 2.08. The molecule has 0 aromatic heterocycles. The summed E-state index contributed by atoms with van der Waals surface area (Å²) >= 11 is 1.39. The molecule has 4 nitrogen and oxygen atoms in total. The Kier molecular flexibility index (Phi) is 5.42. The second-order valence-electron chi connectivity index (χ2n) is 3.04. The largest absolute Gasteiger partial charge is 0.477 e. The van der Waals surface area contributed by atoms with Crippen molar-refractivity contribution in [3.05, 3.63) is 35.9 Å². The van der Waals surface area contributed by atoms with E-state index in [4.69, 9.17) is 9.94 Å². The quantitative estimate of drug-likeness (QED) is 0.609. The SMILES string of the molecule is CSCC(=NOCc1ccccc1)C(=O)O. The van der Waals surface area contributed by atoms with Crippen LogP contribution in [0.25, 0.3) is 0 Å². The molecule has 0 saturated carbocycles. The van der Waals surface area contributed by atoms with Crippen molar-refractivity contribution < 1.29 is 14.7 Å². The van der Waals surface area contributed by atoms with Crippen LogP contribution in [0.2, 0.25) is 0 Å². The lowest BCUT2D eigenvalue weighted by Gasteiger charge is -2.01. The van der Waals surface area contributed by atoms with E-state index in [2.05, 4.69) is 5.16 Å². The lowest BCUT2D eigenvalue weighted by molar-refractivity contribution is -0.129. The van der Waals surface area contributed by atoms with Gasteiger partial charge in [0.25, 0.3) is 0 Å². The molecular formula is C11H13NO3S. The summed E-state index contributed by atoms with van der Waals surface area (Å²) in [5.41, 5.74) is 0.989. The number of hydrogen-bond acceptors (Lipinski definition) is 4. The summed E-state index contributed by atoms with van der Waals surface area (Å²) in [5, 5.41) is 12.4. The van der Waals surface area contributed by atoms with Gasteiger partial charge in [-0.25, -0.2) is 4.79 Å². The zero-order valence-electron chi connectivity index (χ0n) is 8.92. The highest BCUT2D eigenvalue weighted by molar-refractivity contribution is 7.99. The molecule has 1 aromatic carbocycles. The number of carbonyl (C=O) groups is 1. The van der Waals surface area contributed by atoms with Crippen LogP contribution in [-0.2, 0) is 16.2 Å². The van der Waals surface area contributed by atoms with Crippen molar-refractivity contribution in [1.82, 2.24) is 0 Å². The van der Waals surface area contributed by atoms with E-state index in [1.165, 1.54) is 11.8 Å². The maximum Gasteiger partial charge on any atom is 0.354 e. The molecular weight excluding hydrogens is 226 g/mol. The van der Waals surface area contributed by atoms with Crippen molar-refractivity contribution in [3.63, 3.8) is 0 Å². The molecule has 0 aliphatic carbocycles. The van der Waals surface area contributed by atoms with Crippen LogP contribution < -0.4 is 0 Å². The van der Waals surface area contributed by atoms with Crippen molar-refractivity contribution in [2.45, 2.75) is 6.61 Å². The van der Waals surface area contributed by atoms with Gasteiger partial charge in [-0.15, -0.1) is 0 Å². The minimum Gasteiger partial charge on any atom is -0.477 e. The summed E-state index contributed by atoms with van der Waals surface area (Å²) in [7, 11) is 0. The predicted octanol–water partition coefficient (Wildman–Crippen LogP) is 2.01. The first-order valence-electron chi connectivity index (χ1n) is 4.69. The minimum absolute atomic E-state index is 0.0310. The van der Waals surface area contributed by atoms with E-state index in [0.717, 1.165) is 5.56 Å². The van der Waals surface area contributed by atoms with Crippen molar-refractivity contribution in [2.24, 2.45) is 5.16 Å². The Balaban J connectivity index is 2.48. The van der Waals surface area contributed by atoms with E-state index in [1.807, 2.05) is 36.6 Å². The zero-order valence-corrected chi connectivity index (χ0v) is 9.74. The van der Waals surface area contributed by atoms with Gasteiger partial charge in [0.15, 0.2) is 5.71 Å². The first kappa shape index (κ1) is 12.6. The van der Waals surface area contributed by atoms with Crippen LogP contribution in [-0.4, -0.2) is 28.8 Å². The standard InChI is InChI=1S/C11H13NO3S/c1-16-8-10(11(13)14)12-15-7-9-5-3-2-4-6-9/h2-6H,7-8H2,1H3,(H,13,14). The van der Waals surface area contributed by atoms with Crippen molar-refractivity contribution in [3.8, 4) is 0 Å². The van der Waals surface area contributed by atoms with E-state index < -0.39 is 5.97 Å². The molecule has 0 aliphatic heterocycles. The van der Waals surface area contributed by atoms with E-state index in [0.29, 0.717) is 5.75 Å². The van der Waals surface area contributed by atoms with Gasteiger partial charge in [-0.3, -0.25) is 0 Å². The third-order valence-corrected chi connectivity index (χ3v) is 2.34. The van der Waals surface area contributed by atoms with Crippen molar-refractivity contribution in [2.75, 3.05) is 12.0 Å². The Bertz CT molecular complexity index is 365.